The second-order valence-electron chi connectivity index (χ2n) is 1.45. The van der Waals surface area contributed by atoms with Crippen LogP contribution in [0.1, 0.15) is 1.43 Å². The number of rotatable bonds is 3. The molecule has 0 radical (unpaired) electrons. The largest absolute Gasteiger partial charge is 1.00 e. The summed E-state index contributed by atoms with van der Waals surface area (Å²) in [5.41, 5.74) is 0. The van der Waals surface area contributed by atoms with Crippen molar-refractivity contribution in [1.82, 2.24) is 0 Å². The van der Waals surface area contributed by atoms with Gasteiger partial charge in [-0.2, -0.15) is 16.8 Å². The quantitative estimate of drug-likeness (QED) is 0.269. The van der Waals surface area contributed by atoms with E-state index in [2.05, 4.69) is 10.8 Å². The van der Waals surface area contributed by atoms with Gasteiger partial charge in [-0.05, 0) is 0 Å². The van der Waals surface area contributed by atoms with Crippen molar-refractivity contribution in [2.24, 2.45) is 0 Å². The van der Waals surface area contributed by atoms with Gasteiger partial charge in [-0.1, -0.05) is 6.08 Å². The molecule has 0 unspecified atom stereocenters. The summed E-state index contributed by atoms with van der Waals surface area (Å²) in [5.74, 6) is 0. The van der Waals surface area contributed by atoms with E-state index in [1.165, 1.54) is 6.08 Å². The minimum Gasteiger partial charge on any atom is -1.00 e. The molecule has 0 rings (SSSR count). The molecule has 0 amide bonds. The minimum atomic E-state index is -4.67. The molecule has 0 aromatic carbocycles. The Morgan fingerprint density at radius 2 is 1.50 bits per heavy atom. The monoisotopic (exact) mass is 260 g/mol. The Labute approximate surface area is 105 Å². The van der Waals surface area contributed by atoms with Crippen LogP contribution in [0.15, 0.2) is 12.7 Å². The third-order valence-electron chi connectivity index (χ3n) is 0.335. The molecule has 11 heteroatoms. The Morgan fingerprint density at radius 3 is 1.57 bits per heavy atom. The van der Waals surface area contributed by atoms with Crippen LogP contribution in [0.3, 0.4) is 0 Å². The van der Waals surface area contributed by atoms with E-state index in [1.54, 1.807) is 0 Å². The molecule has 0 saturated heterocycles. The molecule has 0 spiro atoms. The Morgan fingerprint density at radius 1 is 1.21 bits per heavy atom. The molecule has 3 N–H and O–H groups in total. The molecule has 0 heterocycles. The molecule has 82 valence electrons. The van der Waals surface area contributed by atoms with E-state index < -0.39 is 20.8 Å². The molecule has 0 aliphatic rings. The van der Waals surface area contributed by atoms with Gasteiger partial charge in [0.25, 0.3) is 0 Å². The second-order valence-corrected chi connectivity index (χ2v) is 3.44. The van der Waals surface area contributed by atoms with Crippen LogP contribution in [-0.2, 0) is 25.0 Å². The molecule has 0 bridgehead atoms. The van der Waals surface area contributed by atoms with Gasteiger partial charge in [0.1, 0.15) is 0 Å². The van der Waals surface area contributed by atoms with Crippen LogP contribution in [0.2, 0.25) is 0 Å². The Kier molecular flexibility index (Phi) is 12.5. The molecule has 0 fully saturated rings. The van der Waals surface area contributed by atoms with Crippen molar-refractivity contribution in [1.29, 1.82) is 0 Å². The van der Waals surface area contributed by atoms with E-state index >= 15 is 0 Å². The first-order valence-corrected chi connectivity index (χ1v) is 5.25. The van der Waals surface area contributed by atoms with Crippen LogP contribution in [0.25, 0.3) is 0 Å². The van der Waals surface area contributed by atoms with Crippen molar-refractivity contribution in [2.45, 2.75) is 0 Å². The summed E-state index contributed by atoms with van der Waals surface area (Å²) in [7, 11) is -8.92. The fourth-order valence-electron chi connectivity index (χ4n) is 0.134. The summed E-state index contributed by atoms with van der Waals surface area (Å²) in [5, 5.41) is 0. The summed E-state index contributed by atoms with van der Waals surface area (Å²) in [6, 6.07) is 0. The molecule has 8 nitrogen and oxygen atoms in total. The fourth-order valence-corrected chi connectivity index (χ4v) is 0.402. The first kappa shape index (κ1) is 20.0. The summed E-state index contributed by atoms with van der Waals surface area (Å²) >= 11 is 0. The molecular formula is C3H9NaO8S2. The van der Waals surface area contributed by atoms with Crippen LogP contribution >= 0.6 is 0 Å². The topological polar surface area (TPSA) is 138 Å². The normalized spacial score (nSPS) is 10.5. The van der Waals surface area contributed by atoms with E-state index in [4.69, 9.17) is 22.1 Å². The average Bonchev–Trinajstić information content (AvgIpc) is 1.77. The molecule has 0 aliphatic carbocycles. The SMILES string of the molecule is C=CCOS(=O)(=O)O.O=S(=O)(O)O.[H-].[Na+]. The van der Waals surface area contributed by atoms with Crippen LogP contribution in [0.5, 0.6) is 0 Å². The van der Waals surface area contributed by atoms with Crippen molar-refractivity contribution < 1.29 is 65.7 Å². The zero-order chi connectivity index (χ0) is 11.1. The molecular weight excluding hydrogens is 251 g/mol. The van der Waals surface area contributed by atoms with Gasteiger partial charge in [-0.15, -0.1) is 6.58 Å². The van der Waals surface area contributed by atoms with Crippen molar-refractivity contribution in [2.75, 3.05) is 6.61 Å². The molecule has 0 aromatic rings. The van der Waals surface area contributed by atoms with Crippen LogP contribution in [0.4, 0.5) is 0 Å². The predicted molar refractivity (Wildman–Crippen MR) is 43.0 cm³/mol. The van der Waals surface area contributed by atoms with E-state index in [0.717, 1.165) is 0 Å². The van der Waals surface area contributed by atoms with Gasteiger partial charge in [-0.25, -0.2) is 4.18 Å². The summed E-state index contributed by atoms with van der Waals surface area (Å²) < 4.78 is 62.6. The molecule has 0 saturated carbocycles. The number of hydrogen-bond donors (Lipinski definition) is 3. The third kappa shape index (κ3) is 54.8. The maximum Gasteiger partial charge on any atom is 1.00 e. The summed E-state index contributed by atoms with van der Waals surface area (Å²) in [4.78, 5) is 0. The zero-order valence-corrected chi connectivity index (χ0v) is 10.8. The van der Waals surface area contributed by atoms with Crippen LogP contribution in [-0.4, -0.2) is 37.1 Å². The first-order chi connectivity index (χ1) is 5.56. The van der Waals surface area contributed by atoms with Gasteiger partial charge in [0.05, 0.1) is 6.61 Å². The predicted octanol–water partition coefficient (Wildman–Crippen LogP) is -3.54. The van der Waals surface area contributed by atoms with Crippen LogP contribution in [0, 0.1) is 0 Å². The zero-order valence-electron chi connectivity index (χ0n) is 8.19. The summed E-state index contributed by atoms with van der Waals surface area (Å²) in [6.07, 6.45) is 1.22. The van der Waals surface area contributed by atoms with Gasteiger partial charge in [0, 0.05) is 0 Å². The number of hydrogen-bond acceptors (Lipinski definition) is 5. The van der Waals surface area contributed by atoms with Crippen molar-refractivity contribution in [3.05, 3.63) is 12.7 Å². The second kappa shape index (κ2) is 8.76. The smallest absolute Gasteiger partial charge is 1.00 e. The maximum atomic E-state index is 9.68. The van der Waals surface area contributed by atoms with Gasteiger partial charge >= 0.3 is 50.4 Å². The van der Waals surface area contributed by atoms with Crippen molar-refractivity contribution >= 4 is 20.8 Å². The Balaban J connectivity index is -0.0000000770. The minimum absolute atomic E-state index is 0. The Hall–Kier alpha value is 0.480. The molecule has 0 aliphatic heterocycles. The van der Waals surface area contributed by atoms with Crippen molar-refractivity contribution in [3.63, 3.8) is 0 Å². The van der Waals surface area contributed by atoms with Crippen molar-refractivity contribution in [3.8, 4) is 0 Å². The Bertz CT molecular complexity index is 325. The molecule has 0 aromatic heterocycles. The molecule has 0 atom stereocenters. The van der Waals surface area contributed by atoms with Gasteiger partial charge in [0.15, 0.2) is 0 Å². The first-order valence-electron chi connectivity index (χ1n) is 2.49. The maximum absolute atomic E-state index is 9.68. The molecule has 14 heavy (non-hydrogen) atoms. The fraction of sp³-hybridized carbons (Fsp3) is 0.333. The van der Waals surface area contributed by atoms with E-state index in [9.17, 15) is 8.42 Å². The standard InChI is InChI=1S/C3H6O4S.Na.H2O4S.H/c1-2-3-7-8(4,5)6;;1-5(2,3)4;/h2H,1,3H2,(H,4,5,6);;(H2,1,2,3,4);/q;+1;;-1. The van der Waals surface area contributed by atoms with Gasteiger partial charge in [-0.3, -0.25) is 13.7 Å². The van der Waals surface area contributed by atoms with E-state index in [1.807, 2.05) is 0 Å². The van der Waals surface area contributed by atoms with E-state index in [0.29, 0.717) is 0 Å². The third-order valence-corrected chi connectivity index (χ3v) is 0.769. The van der Waals surface area contributed by atoms with Gasteiger partial charge in [0.2, 0.25) is 0 Å². The van der Waals surface area contributed by atoms with E-state index in [-0.39, 0.29) is 37.6 Å². The van der Waals surface area contributed by atoms with Gasteiger partial charge < -0.3 is 1.43 Å². The average molecular weight is 260 g/mol. The van der Waals surface area contributed by atoms with Crippen LogP contribution < -0.4 is 29.6 Å². The summed E-state index contributed by atoms with van der Waals surface area (Å²) in [6.45, 7) is 2.97.